The number of rotatable bonds is 3. The minimum Gasteiger partial charge on any atom is -0.240 e. The molecule has 0 amide bonds. The Bertz CT molecular complexity index is 791. The highest BCUT2D eigenvalue weighted by molar-refractivity contribution is 6.30. The molecule has 0 aromatic heterocycles. The Balaban J connectivity index is 1.98. The molecule has 3 heteroatoms. The van der Waals surface area contributed by atoms with Gasteiger partial charge in [-0.05, 0) is 55.5 Å². The molecule has 23 heavy (non-hydrogen) atoms. The van der Waals surface area contributed by atoms with Crippen LogP contribution in [0.15, 0.2) is 78.9 Å². The fourth-order valence-electron chi connectivity index (χ4n) is 2.24. The molecule has 2 nitrogen and oxygen atoms in total. The lowest BCUT2D eigenvalue weighted by Gasteiger charge is -2.04. The highest BCUT2D eigenvalue weighted by atomic mass is 35.5. The van der Waals surface area contributed by atoms with Crippen LogP contribution in [0.3, 0.4) is 0 Å². The summed E-state index contributed by atoms with van der Waals surface area (Å²) < 4.78 is 0. The lowest BCUT2D eigenvalue weighted by atomic mass is 10.2. The van der Waals surface area contributed by atoms with Gasteiger partial charge in [0.2, 0.25) is 0 Å². The van der Waals surface area contributed by atoms with Gasteiger partial charge in [0.1, 0.15) is 11.4 Å². The first-order chi connectivity index (χ1) is 11.2. The van der Waals surface area contributed by atoms with Gasteiger partial charge >= 0.3 is 0 Å². The van der Waals surface area contributed by atoms with Gasteiger partial charge in [0.15, 0.2) is 0 Å². The minimum atomic E-state index is 0.725. The second kappa shape index (κ2) is 7.12. The SMILES string of the molecule is Cc1ccc([NH+]=C(Nc2ccccc2)c2ccc(Cl)cc2)cc1. The van der Waals surface area contributed by atoms with Crippen molar-refractivity contribution in [2.45, 2.75) is 6.92 Å². The number of halogens is 1. The number of aryl methyl sites for hydroxylation is 1. The predicted molar refractivity (Wildman–Crippen MR) is 97.4 cm³/mol. The van der Waals surface area contributed by atoms with Gasteiger partial charge in [-0.2, -0.15) is 0 Å². The van der Waals surface area contributed by atoms with Crippen LogP contribution in [0.1, 0.15) is 11.1 Å². The smallest absolute Gasteiger partial charge is 0.240 e. The normalized spacial score (nSPS) is 11.3. The molecular formula is C20H18ClN2+. The summed E-state index contributed by atoms with van der Waals surface area (Å²) in [5, 5.41) is 4.17. The maximum atomic E-state index is 6.00. The Hall–Kier alpha value is -2.58. The summed E-state index contributed by atoms with van der Waals surface area (Å²) in [4.78, 5) is 3.45. The van der Waals surface area contributed by atoms with Gasteiger partial charge in [0, 0.05) is 5.02 Å². The molecule has 0 unspecified atom stereocenters. The second-order valence-corrected chi connectivity index (χ2v) is 5.80. The summed E-state index contributed by atoms with van der Waals surface area (Å²) in [6.45, 7) is 2.08. The van der Waals surface area contributed by atoms with Gasteiger partial charge in [-0.25, -0.2) is 10.3 Å². The van der Waals surface area contributed by atoms with E-state index < -0.39 is 0 Å². The number of amidine groups is 1. The molecule has 0 atom stereocenters. The molecule has 3 aromatic carbocycles. The van der Waals surface area contributed by atoms with E-state index in [1.54, 1.807) is 0 Å². The van der Waals surface area contributed by atoms with Crippen molar-refractivity contribution in [3.8, 4) is 0 Å². The van der Waals surface area contributed by atoms with E-state index in [-0.39, 0.29) is 0 Å². The quantitative estimate of drug-likeness (QED) is 0.555. The molecule has 0 saturated carbocycles. The fraction of sp³-hybridized carbons (Fsp3) is 0.0500. The Labute approximate surface area is 141 Å². The Morgan fingerprint density at radius 3 is 2.13 bits per heavy atom. The molecule has 0 bridgehead atoms. The van der Waals surface area contributed by atoms with Crippen molar-refractivity contribution in [2.24, 2.45) is 0 Å². The average molecular weight is 322 g/mol. The van der Waals surface area contributed by atoms with Gasteiger partial charge in [0.25, 0.3) is 5.84 Å². The van der Waals surface area contributed by atoms with Crippen molar-refractivity contribution < 1.29 is 4.99 Å². The predicted octanol–water partition coefficient (Wildman–Crippen LogP) is 3.92. The molecule has 0 aliphatic heterocycles. The third kappa shape index (κ3) is 4.21. The minimum absolute atomic E-state index is 0.725. The summed E-state index contributed by atoms with van der Waals surface area (Å²) in [7, 11) is 0. The summed E-state index contributed by atoms with van der Waals surface area (Å²) >= 11 is 6.00. The van der Waals surface area contributed by atoms with E-state index in [9.17, 15) is 0 Å². The first kappa shape index (κ1) is 15.3. The summed E-state index contributed by atoms with van der Waals surface area (Å²) in [5.74, 6) is 0.914. The highest BCUT2D eigenvalue weighted by Crippen LogP contribution is 2.12. The molecule has 2 N–H and O–H groups in total. The molecule has 0 fully saturated rings. The van der Waals surface area contributed by atoms with Crippen LogP contribution < -0.4 is 10.3 Å². The van der Waals surface area contributed by atoms with Crippen LogP contribution in [-0.4, -0.2) is 5.84 Å². The average Bonchev–Trinajstić information content (AvgIpc) is 2.58. The van der Waals surface area contributed by atoms with Crippen LogP contribution in [0.25, 0.3) is 0 Å². The van der Waals surface area contributed by atoms with Crippen LogP contribution in [0.4, 0.5) is 11.4 Å². The summed E-state index contributed by atoms with van der Waals surface area (Å²) in [6.07, 6.45) is 0. The van der Waals surface area contributed by atoms with E-state index in [0.717, 1.165) is 27.8 Å². The number of hydrogen-bond acceptors (Lipinski definition) is 0. The van der Waals surface area contributed by atoms with Gasteiger partial charge in [0.05, 0.1) is 5.56 Å². The molecule has 0 spiro atoms. The maximum absolute atomic E-state index is 6.00. The third-order valence-corrected chi connectivity index (χ3v) is 3.75. The van der Waals surface area contributed by atoms with Gasteiger partial charge in [-0.1, -0.05) is 47.5 Å². The number of nitrogens with one attached hydrogen (secondary N) is 2. The van der Waals surface area contributed by atoms with E-state index in [0.29, 0.717) is 0 Å². The Morgan fingerprint density at radius 1 is 0.826 bits per heavy atom. The van der Waals surface area contributed by atoms with Crippen molar-refractivity contribution in [1.82, 2.24) is 0 Å². The van der Waals surface area contributed by atoms with Crippen molar-refractivity contribution in [1.29, 1.82) is 0 Å². The number of anilines is 1. The van der Waals surface area contributed by atoms with E-state index in [1.807, 2.05) is 54.6 Å². The van der Waals surface area contributed by atoms with Crippen LogP contribution in [-0.2, 0) is 0 Å². The Kier molecular flexibility index (Phi) is 4.74. The van der Waals surface area contributed by atoms with Gasteiger partial charge in [-0.15, -0.1) is 0 Å². The fourth-order valence-corrected chi connectivity index (χ4v) is 2.37. The lowest BCUT2D eigenvalue weighted by Crippen LogP contribution is -2.68. The lowest BCUT2D eigenvalue weighted by molar-refractivity contribution is -0.352. The van der Waals surface area contributed by atoms with Crippen molar-refractivity contribution >= 4 is 28.8 Å². The molecule has 0 radical (unpaired) electrons. The zero-order valence-electron chi connectivity index (χ0n) is 12.9. The zero-order chi connectivity index (χ0) is 16.1. The van der Waals surface area contributed by atoms with Crippen molar-refractivity contribution in [2.75, 3.05) is 5.32 Å². The number of benzene rings is 3. The van der Waals surface area contributed by atoms with Gasteiger partial charge < -0.3 is 0 Å². The van der Waals surface area contributed by atoms with E-state index in [1.165, 1.54) is 5.56 Å². The number of hydrogen-bond donors (Lipinski definition) is 2. The largest absolute Gasteiger partial charge is 0.285 e. The molecule has 0 saturated heterocycles. The van der Waals surface area contributed by atoms with Crippen LogP contribution in [0, 0.1) is 6.92 Å². The molecule has 0 aliphatic rings. The molecular weight excluding hydrogens is 304 g/mol. The van der Waals surface area contributed by atoms with Crippen LogP contribution >= 0.6 is 11.6 Å². The van der Waals surface area contributed by atoms with Crippen LogP contribution in [0.5, 0.6) is 0 Å². The molecule has 0 heterocycles. The van der Waals surface area contributed by atoms with Crippen molar-refractivity contribution in [3.05, 3.63) is 95.0 Å². The molecule has 0 aliphatic carbocycles. The first-order valence-electron chi connectivity index (χ1n) is 7.49. The molecule has 3 rings (SSSR count). The maximum Gasteiger partial charge on any atom is 0.285 e. The third-order valence-electron chi connectivity index (χ3n) is 3.50. The standard InChI is InChI=1S/C20H17ClN2/c1-15-7-13-19(14-8-15)23-20(16-9-11-17(21)12-10-16)22-18-5-3-2-4-6-18/h2-14H,1H3,(H,22,23)/p+1. The molecule has 114 valence electrons. The second-order valence-electron chi connectivity index (χ2n) is 5.36. The Morgan fingerprint density at radius 2 is 1.48 bits per heavy atom. The monoisotopic (exact) mass is 321 g/mol. The van der Waals surface area contributed by atoms with Gasteiger partial charge in [-0.3, -0.25) is 0 Å². The van der Waals surface area contributed by atoms with Crippen molar-refractivity contribution in [3.63, 3.8) is 0 Å². The topological polar surface area (TPSA) is 26.0 Å². The zero-order valence-corrected chi connectivity index (χ0v) is 13.6. The summed E-state index contributed by atoms with van der Waals surface area (Å²) in [5.41, 5.74) is 4.33. The summed E-state index contributed by atoms with van der Waals surface area (Å²) in [6, 6.07) is 26.2. The first-order valence-corrected chi connectivity index (χ1v) is 7.87. The van der Waals surface area contributed by atoms with E-state index in [4.69, 9.17) is 11.6 Å². The van der Waals surface area contributed by atoms with E-state index in [2.05, 4.69) is 41.5 Å². The molecule has 3 aromatic rings. The number of para-hydroxylation sites is 1. The van der Waals surface area contributed by atoms with E-state index >= 15 is 0 Å². The highest BCUT2D eigenvalue weighted by Gasteiger charge is 2.11. The van der Waals surface area contributed by atoms with Crippen LogP contribution in [0.2, 0.25) is 5.02 Å².